The normalized spacial score (nSPS) is 10.4. The van der Waals surface area contributed by atoms with Crippen molar-refractivity contribution in [2.45, 2.75) is 13.5 Å². The van der Waals surface area contributed by atoms with Crippen LogP contribution in [0, 0.1) is 6.92 Å². The topological polar surface area (TPSA) is 42.2 Å². The first-order chi connectivity index (χ1) is 8.56. The Labute approximate surface area is 112 Å². The van der Waals surface area contributed by atoms with Crippen molar-refractivity contribution < 1.29 is 0 Å². The number of benzene rings is 1. The first kappa shape index (κ1) is 12.7. The van der Waals surface area contributed by atoms with Crippen molar-refractivity contribution in [2.75, 3.05) is 17.7 Å². The van der Waals surface area contributed by atoms with Gasteiger partial charge in [0.1, 0.15) is 5.82 Å². The van der Waals surface area contributed by atoms with Gasteiger partial charge in [-0.15, -0.1) is 0 Å². The molecule has 0 saturated carbocycles. The lowest BCUT2D eigenvalue weighted by molar-refractivity contribution is 0.897. The van der Waals surface area contributed by atoms with Crippen LogP contribution in [0.15, 0.2) is 36.5 Å². The summed E-state index contributed by atoms with van der Waals surface area (Å²) in [5.41, 5.74) is 8.67. The minimum Gasteiger partial charge on any atom is -0.397 e. The highest BCUT2D eigenvalue weighted by Gasteiger charge is 2.05. The van der Waals surface area contributed by atoms with Crippen molar-refractivity contribution in [1.82, 2.24) is 4.98 Å². The van der Waals surface area contributed by atoms with Crippen LogP contribution in [0.3, 0.4) is 0 Å². The molecule has 0 atom stereocenters. The van der Waals surface area contributed by atoms with Crippen LogP contribution in [-0.4, -0.2) is 12.0 Å². The van der Waals surface area contributed by atoms with E-state index in [1.807, 2.05) is 44.3 Å². The van der Waals surface area contributed by atoms with Crippen molar-refractivity contribution in [2.24, 2.45) is 0 Å². The fourth-order valence-electron chi connectivity index (χ4n) is 1.75. The van der Waals surface area contributed by atoms with E-state index in [-0.39, 0.29) is 0 Å². The molecule has 0 aliphatic rings. The number of hydrogen-bond donors (Lipinski definition) is 1. The molecular formula is C14H16ClN3. The molecule has 0 fully saturated rings. The molecule has 0 aliphatic heterocycles. The molecule has 1 heterocycles. The van der Waals surface area contributed by atoms with Gasteiger partial charge in [0, 0.05) is 18.6 Å². The van der Waals surface area contributed by atoms with Crippen LogP contribution in [0.25, 0.3) is 0 Å². The fraction of sp³-hybridized carbons (Fsp3) is 0.214. The Morgan fingerprint density at radius 2 is 2.11 bits per heavy atom. The van der Waals surface area contributed by atoms with Crippen LogP contribution >= 0.6 is 11.6 Å². The number of nitrogens with zero attached hydrogens (tertiary/aromatic N) is 2. The number of hydrogen-bond acceptors (Lipinski definition) is 3. The van der Waals surface area contributed by atoms with Crippen LogP contribution in [0.2, 0.25) is 5.02 Å². The van der Waals surface area contributed by atoms with Crippen LogP contribution in [-0.2, 0) is 6.54 Å². The maximum atomic E-state index is 5.97. The molecule has 18 heavy (non-hydrogen) atoms. The van der Waals surface area contributed by atoms with E-state index >= 15 is 0 Å². The van der Waals surface area contributed by atoms with Crippen molar-refractivity contribution in [3.05, 3.63) is 52.7 Å². The van der Waals surface area contributed by atoms with E-state index in [1.54, 1.807) is 6.20 Å². The molecule has 0 spiro atoms. The quantitative estimate of drug-likeness (QED) is 0.922. The minimum atomic E-state index is 0.718. The summed E-state index contributed by atoms with van der Waals surface area (Å²) in [6, 6.07) is 9.82. The molecule has 0 unspecified atom stereocenters. The first-order valence-corrected chi connectivity index (χ1v) is 6.12. The number of aromatic nitrogens is 1. The Balaban J connectivity index is 2.16. The molecule has 4 heteroatoms. The third-order valence-corrected chi connectivity index (χ3v) is 3.07. The van der Waals surface area contributed by atoms with E-state index in [9.17, 15) is 0 Å². The Morgan fingerprint density at radius 1 is 1.33 bits per heavy atom. The van der Waals surface area contributed by atoms with Crippen molar-refractivity contribution in [3.8, 4) is 0 Å². The van der Waals surface area contributed by atoms with Gasteiger partial charge in [0.15, 0.2) is 0 Å². The maximum absolute atomic E-state index is 5.97. The smallest absolute Gasteiger partial charge is 0.128 e. The standard InChI is InChI=1S/C14H16ClN3/c1-10-6-14(17-8-13(10)16)18(2)9-11-4-3-5-12(15)7-11/h3-8H,9,16H2,1-2H3. The Kier molecular flexibility index (Phi) is 3.72. The number of rotatable bonds is 3. The van der Waals surface area contributed by atoms with E-state index in [4.69, 9.17) is 17.3 Å². The number of aryl methyl sites for hydroxylation is 1. The summed E-state index contributed by atoms with van der Waals surface area (Å²) in [5, 5.41) is 0.752. The van der Waals surface area contributed by atoms with E-state index in [2.05, 4.69) is 9.88 Å². The second-order valence-corrected chi connectivity index (χ2v) is 4.82. The van der Waals surface area contributed by atoms with E-state index in [0.717, 1.165) is 34.2 Å². The lowest BCUT2D eigenvalue weighted by Crippen LogP contribution is -2.17. The highest BCUT2D eigenvalue weighted by molar-refractivity contribution is 6.30. The molecule has 0 radical (unpaired) electrons. The lowest BCUT2D eigenvalue weighted by Gasteiger charge is -2.19. The largest absolute Gasteiger partial charge is 0.397 e. The zero-order valence-electron chi connectivity index (χ0n) is 10.5. The van der Waals surface area contributed by atoms with Gasteiger partial charge in [-0.25, -0.2) is 4.98 Å². The number of nitrogen functional groups attached to an aromatic ring is 1. The van der Waals surface area contributed by atoms with Gasteiger partial charge in [-0.3, -0.25) is 0 Å². The second kappa shape index (κ2) is 5.27. The Morgan fingerprint density at radius 3 is 2.78 bits per heavy atom. The summed E-state index contributed by atoms with van der Waals surface area (Å²) in [6.07, 6.45) is 1.69. The highest BCUT2D eigenvalue weighted by atomic mass is 35.5. The lowest BCUT2D eigenvalue weighted by atomic mass is 10.2. The molecule has 0 bridgehead atoms. The molecule has 1 aromatic heterocycles. The van der Waals surface area contributed by atoms with E-state index in [0.29, 0.717) is 0 Å². The van der Waals surface area contributed by atoms with Gasteiger partial charge in [-0.2, -0.15) is 0 Å². The molecule has 2 aromatic rings. The van der Waals surface area contributed by atoms with Gasteiger partial charge in [-0.1, -0.05) is 23.7 Å². The molecule has 0 amide bonds. The Bertz CT molecular complexity index is 554. The van der Waals surface area contributed by atoms with Gasteiger partial charge < -0.3 is 10.6 Å². The monoisotopic (exact) mass is 261 g/mol. The van der Waals surface area contributed by atoms with Gasteiger partial charge in [0.25, 0.3) is 0 Å². The van der Waals surface area contributed by atoms with Crippen molar-refractivity contribution >= 4 is 23.1 Å². The summed E-state index contributed by atoms with van der Waals surface area (Å²) >= 11 is 5.97. The molecule has 2 N–H and O–H groups in total. The highest BCUT2D eigenvalue weighted by Crippen LogP contribution is 2.19. The van der Waals surface area contributed by atoms with Crippen molar-refractivity contribution in [1.29, 1.82) is 0 Å². The van der Waals surface area contributed by atoms with Crippen LogP contribution in [0.4, 0.5) is 11.5 Å². The van der Waals surface area contributed by atoms with Gasteiger partial charge >= 0.3 is 0 Å². The second-order valence-electron chi connectivity index (χ2n) is 4.39. The number of pyridine rings is 1. The summed E-state index contributed by atoms with van der Waals surface area (Å²) in [4.78, 5) is 6.39. The minimum absolute atomic E-state index is 0.718. The Hall–Kier alpha value is -1.74. The molecule has 94 valence electrons. The molecular weight excluding hydrogens is 246 g/mol. The predicted octanol–water partition coefficient (Wildman–Crippen LogP) is 3.26. The predicted molar refractivity (Wildman–Crippen MR) is 76.9 cm³/mol. The van der Waals surface area contributed by atoms with Gasteiger partial charge in [0.2, 0.25) is 0 Å². The number of halogens is 1. The van der Waals surface area contributed by atoms with Crippen LogP contribution < -0.4 is 10.6 Å². The van der Waals surface area contributed by atoms with E-state index in [1.165, 1.54) is 0 Å². The number of anilines is 2. The van der Waals surface area contributed by atoms with Crippen molar-refractivity contribution in [3.63, 3.8) is 0 Å². The summed E-state index contributed by atoms with van der Waals surface area (Å²) in [5.74, 6) is 0.904. The zero-order chi connectivity index (χ0) is 13.1. The molecule has 0 aliphatic carbocycles. The average Bonchev–Trinajstić information content (AvgIpc) is 2.32. The van der Waals surface area contributed by atoms with E-state index < -0.39 is 0 Å². The molecule has 1 aromatic carbocycles. The molecule has 3 nitrogen and oxygen atoms in total. The average molecular weight is 262 g/mol. The van der Waals surface area contributed by atoms with Gasteiger partial charge in [0.05, 0.1) is 11.9 Å². The fourth-order valence-corrected chi connectivity index (χ4v) is 1.96. The maximum Gasteiger partial charge on any atom is 0.128 e. The SMILES string of the molecule is Cc1cc(N(C)Cc2cccc(Cl)c2)ncc1N. The van der Waals surface area contributed by atoms with Gasteiger partial charge in [-0.05, 0) is 36.2 Å². The summed E-state index contributed by atoms with van der Waals surface area (Å²) in [6.45, 7) is 2.74. The number of nitrogens with two attached hydrogens (primary N) is 1. The van der Waals surface area contributed by atoms with Crippen LogP contribution in [0.5, 0.6) is 0 Å². The van der Waals surface area contributed by atoms with Crippen LogP contribution in [0.1, 0.15) is 11.1 Å². The summed E-state index contributed by atoms with van der Waals surface area (Å²) < 4.78 is 0. The molecule has 2 rings (SSSR count). The third-order valence-electron chi connectivity index (χ3n) is 2.84. The zero-order valence-corrected chi connectivity index (χ0v) is 11.3. The third kappa shape index (κ3) is 2.93. The molecule has 0 saturated heterocycles. The first-order valence-electron chi connectivity index (χ1n) is 5.74. The summed E-state index contributed by atoms with van der Waals surface area (Å²) in [7, 11) is 2.00.